The van der Waals surface area contributed by atoms with Gasteiger partial charge in [0.05, 0.1) is 40.8 Å². The molecule has 7 nitrogen and oxygen atoms in total. The number of hydrogen-bond acceptors (Lipinski definition) is 6. The molecule has 2 aromatic carbocycles. The van der Waals surface area contributed by atoms with Crippen LogP contribution in [0.4, 0.5) is 21.5 Å². The van der Waals surface area contributed by atoms with Crippen LogP contribution in [0.1, 0.15) is 28.8 Å². The maximum Gasteiger partial charge on any atom is 0.254 e. The largest absolute Gasteiger partial charge is 0.593 e. The van der Waals surface area contributed by atoms with Crippen LogP contribution in [0.15, 0.2) is 54.9 Å². The smallest absolute Gasteiger partial charge is 0.254 e. The molecule has 4 rings (SSSR count). The van der Waals surface area contributed by atoms with E-state index < -0.39 is 23.1 Å². The first kappa shape index (κ1) is 21.0. The zero-order valence-corrected chi connectivity index (χ0v) is 17.5. The second-order valence-electron chi connectivity index (χ2n) is 7.26. The lowest BCUT2D eigenvalue weighted by Gasteiger charge is -2.15. The minimum absolute atomic E-state index is 0.0369. The molecule has 0 saturated heterocycles. The van der Waals surface area contributed by atoms with Crippen molar-refractivity contribution >= 4 is 34.3 Å². The molecular weight excluding hydrogens is 419 g/mol. The first-order valence-corrected chi connectivity index (χ1v) is 10.9. The Labute approximate surface area is 182 Å². The molecule has 1 aliphatic carbocycles. The maximum absolute atomic E-state index is 14.3. The van der Waals surface area contributed by atoms with Crippen LogP contribution in [0, 0.1) is 12.7 Å². The van der Waals surface area contributed by atoms with Crippen molar-refractivity contribution in [3.05, 3.63) is 71.8 Å². The number of carbonyl (C=O) groups excluding carboxylic acids is 1. The van der Waals surface area contributed by atoms with Gasteiger partial charge in [-0.25, -0.2) is 9.11 Å². The molecule has 0 spiro atoms. The lowest BCUT2D eigenvalue weighted by molar-refractivity contribution is 0.0999. The van der Waals surface area contributed by atoms with Gasteiger partial charge in [0.25, 0.3) is 5.91 Å². The molecule has 1 fully saturated rings. The molecule has 0 aliphatic heterocycles. The lowest BCUT2D eigenvalue weighted by Crippen LogP contribution is -2.17. The summed E-state index contributed by atoms with van der Waals surface area (Å²) in [4.78, 5) is 16.3. The van der Waals surface area contributed by atoms with Gasteiger partial charge in [0.2, 0.25) is 0 Å². The van der Waals surface area contributed by atoms with Crippen molar-refractivity contribution in [2.24, 2.45) is 5.73 Å². The number of primary amides is 1. The second-order valence-corrected chi connectivity index (χ2v) is 8.73. The Balaban J connectivity index is 1.60. The number of carbonyl (C=O) groups is 1. The molecule has 0 bridgehead atoms. The van der Waals surface area contributed by atoms with E-state index in [2.05, 4.69) is 15.0 Å². The number of benzene rings is 2. The number of nitrogens with one attached hydrogen (secondary N) is 2. The van der Waals surface area contributed by atoms with E-state index in [1.54, 1.807) is 43.3 Å². The summed E-state index contributed by atoms with van der Waals surface area (Å²) in [6.07, 6.45) is 4.64. The van der Waals surface area contributed by atoms with Crippen LogP contribution in [0.5, 0.6) is 11.5 Å². The number of pyridine rings is 1. The minimum atomic E-state index is -1.15. The van der Waals surface area contributed by atoms with Crippen LogP contribution in [-0.2, 0) is 11.4 Å². The van der Waals surface area contributed by atoms with Crippen molar-refractivity contribution in [2.75, 3.05) is 10.0 Å². The third kappa shape index (κ3) is 5.07. The minimum Gasteiger partial charge on any atom is -0.593 e. The quantitative estimate of drug-likeness (QED) is 0.448. The number of amides is 1. The summed E-state index contributed by atoms with van der Waals surface area (Å²) < 4.78 is 35.2. The first-order chi connectivity index (χ1) is 14.9. The van der Waals surface area contributed by atoms with E-state index in [4.69, 9.17) is 10.5 Å². The SMILES string of the molecule is Cc1ccc(Nc2cncc(Oc3cccc(N[S+]([O-])C4CC4)c3)c2C(N)=O)c(F)c1. The van der Waals surface area contributed by atoms with Gasteiger partial charge in [-0.15, -0.1) is 0 Å². The van der Waals surface area contributed by atoms with Crippen molar-refractivity contribution in [3.63, 3.8) is 0 Å². The van der Waals surface area contributed by atoms with Crippen LogP contribution in [0.3, 0.4) is 0 Å². The Morgan fingerprint density at radius 3 is 2.74 bits per heavy atom. The topological polar surface area (TPSA) is 112 Å². The van der Waals surface area contributed by atoms with E-state index in [1.807, 2.05) is 0 Å². The lowest BCUT2D eigenvalue weighted by atomic mass is 10.1. The molecule has 1 saturated carbocycles. The highest BCUT2D eigenvalue weighted by molar-refractivity contribution is 7.93. The number of aromatic nitrogens is 1. The van der Waals surface area contributed by atoms with Gasteiger partial charge in [0.15, 0.2) is 5.75 Å². The van der Waals surface area contributed by atoms with Crippen LogP contribution in [0.25, 0.3) is 0 Å². The zero-order chi connectivity index (χ0) is 22.0. The Morgan fingerprint density at radius 1 is 1.23 bits per heavy atom. The van der Waals surface area contributed by atoms with Gasteiger partial charge in [-0.1, -0.05) is 12.1 Å². The summed E-state index contributed by atoms with van der Waals surface area (Å²) in [5.74, 6) is -0.702. The molecule has 1 heterocycles. The van der Waals surface area contributed by atoms with Crippen molar-refractivity contribution in [1.82, 2.24) is 4.98 Å². The Bertz CT molecular complexity index is 1120. The molecule has 1 amide bonds. The fourth-order valence-corrected chi connectivity index (χ4v) is 4.06. The van der Waals surface area contributed by atoms with Crippen LogP contribution < -0.4 is 20.5 Å². The number of rotatable bonds is 8. The number of halogens is 1. The summed E-state index contributed by atoms with van der Waals surface area (Å²) in [7, 11) is 0. The number of ether oxygens (including phenoxy) is 1. The van der Waals surface area contributed by atoms with Gasteiger partial charge >= 0.3 is 0 Å². The van der Waals surface area contributed by atoms with Crippen molar-refractivity contribution in [2.45, 2.75) is 25.0 Å². The number of hydrogen-bond donors (Lipinski definition) is 3. The molecule has 1 aromatic heterocycles. The summed E-state index contributed by atoms with van der Waals surface area (Å²) in [6.45, 7) is 1.78. The van der Waals surface area contributed by atoms with E-state index >= 15 is 0 Å². The highest BCUT2D eigenvalue weighted by Gasteiger charge is 2.35. The highest BCUT2D eigenvalue weighted by Crippen LogP contribution is 2.34. The summed E-state index contributed by atoms with van der Waals surface area (Å²) in [5, 5.41) is 3.04. The van der Waals surface area contributed by atoms with E-state index in [1.165, 1.54) is 18.5 Å². The highest BCUT2D eigenvalue weighted by atomic mass is 32.2. The number of nitrogens with zero attached hydrogens (tertiary/aromatic N) is 1. The molecule has 0 radical (unpaired) electrons. The molecule has 31 heavy (non-hydrogen) atoms. The predicted molar refractivity (Wildman–Crippen MR) is 118 cm³/mol. The van der Waals surface area contributed by atoms with Crippen molar-refractivity contribution in [3.8, 4) is 11.5 Å². The maximum atomic E-state index is 14.3. The molecule has 1 aliphatic rings. The van der Waals surface area contributed by atoms with E-state index in [0.717, 1.165) is 18.4 Å². The Morgan fingerprint density at radius 2 is 2.03 bits per heavy atom. The summed E-state index contributed by atoms with van der Waals surface area (Å²) >= 11 is -1.15. The molecule has 160 valence electrons. The fraction of sp³-hybridized carbons (Fsp3) is 0.182. The fourth-order valence-electron chi connectivity index (χ4n) is 2.97. The third-order valence-electron chi connectivity index (χ3n) is 4.66. The van der Waals surface area contributed by atoms with E-state index in [-0.39, 0.29) is 27.9 Å². The van der Waals surface area contributed by atoms with Crippen LogP contribution in [0.2, 0.25) is 0 Å². The standard InChI is InChI=1S/C22H21FN4O3S/c1-13-5-8-18(17(23)9-13)26-19-11-25-12-20(21(19)22(24)28)30-15-4-2-3-14(10-15)27-31(29)16-6-7-16/h2-5,8-12,16,26-27H,6-7H2,1H3,(H2,24,28). The first-order valence-electron chi connectivity index (χ1n) is 9.67. The summed E-state index contributed by atoms with van der Waals surface area (Å²) in [6, 6.07) is 11.6. The monoisotopic (exact) mass is 440 g/mol. The molecule has 1 unspecified atom stereocenters. The van der Waals surface area contributed by atoms with E-state index in [0.29, 0.717) is 11.4 Å². The average molecular weight is 441 g/mol. The van der Waals surface area contributed by atoms with Gasteiger partial charge in [-0.3, -0.25) is 9.78 Å². The van der Waals surface area contributed by atoms with Gasteiger partial charge in [0, 0.05) is 18.9 Å². The Hall–Kier alpha value is -3.30. The predicted octanol–water partition coefficient (Wildman–Crippen LogP) is 4.40. The number of nitrogens with two attached hydrogens (primary N) is 1. The normalized spacial score (nSPS) is 14.0. The second kappa shape index (κ2) is 8.83. The third-order valence-corrected chi connectivity index (χ3v) is 6.17. The van der Waals surface area contributed by atoms with Crippen molar-refractivity contribution < 1.29 is 18.5 Å². The van der Waals surface area contributed by atoms with Gasteiger partial charge in [-0.05, 0) is 36.8 Å². The number of aryl methyl sites for hydroxylation is 1. The number of anilines is 3. The zero-order valence-electron chi connectivity index (χ0n) is 16.7. The van der Waals surface area contributed by atoms with E-state index in [9.17, 15) is 13.7 Å². The molecular formula is C22H21FN4O3S. The molecule has 3 aromatic rings. The Kier molecular flexibility index (Phi) is 5.97. The molecule has 4 N–H and O–H groups in total. The van der Waals surface area contributed by atoms with Crippen LogP contribution >= 0.6 is 0 Å². The van der Waals surface area contributed by atoms with Gasteiger partial charge in [0.1, 0.15) is 22.4 Å². The average Bonchev–Trinajstić information content (AvgIpc) is 3.56. The van der Waals surface area contributed by atoms with Crippen LogP contribution in [-0.4, -0.2) is 20.7 Å². The van der Waals surface area contributed by atoms with Crippen molar-refractivity contribution in [1.29, 1.82) is 0 Å². The van der Waals surface area contributed by atoms with Gasteiger partial charge in [-0.2, -0.15) is 0 Å². The summed E-state index contributed by atoms with van der Waals surface area (Å²) in [5.41, 5.74) is 7.43. The molecule has 9 heteroatoms. The van der Waals surface area contributed by atoms with Gasteiger partial charge < -0.3 is 20.3 Å². The molecule has 1 atom stereocenters.